The largest absolute Gasteiger partial charge is 0.334 e. The van der Waals surface area contributed by atoms with E-state index in [4.69, 9.17) is 10.8 Å². The highest BCUT2D eigenvalue weighted by Crippen LogP contribution is 2.30. The zero-order chi connectivity index (χ0) is 13.8. The van der Waals surface area contributed by atoms with Gasteiger partial charge in [0.25, 0.3) is 0 Å². The van der Waals surface area contributed by atoms with Crippen molar-refractivity contribution in [1.82, 2.24) is 10.3 Å². The third kappa shape index (κ3) is 3.52. The summed E-state index contributed by atoms with van der Waals surface area (Å²) in [5, 5.41) is 2.13. The molecular formula is C15H24N4S. The normalized spacial score (nSPS) is 20.9. The lowest BCUT2D eigenvalue weighted by atomic mass is 9.96. The molecule has 3 rings (SSSR count). The molecule has 2 aliphatic rings. The highest BCUT2D eigenvalue weighted by Gasteiger charge is 2.32. The topological polar surface area (TPSA) is 53.6 Å². The average Bonchev–Trinajstić information content (AvgIpc) is 3.20. The Labute approximate surface area is 125 Å². The summed E-state index contributed by atoms with van der Waals surface area (Å²) < 4.78 is 0. The van der Waals surface area contributed by atoms with E-state index < -0.39 is 0 Å². The molecule has 1 aromatic heterocycles. The van der Waals surface area contributed by atoms with Gasteiger partial charge in [-0.1, -0.05) is 25.3 Å². The Morgan fingerprint density at radius 3 is 2.70 bits per heavy atom. The summed E-state index contributed by atoms with van der Waals surface area (Å²) in [6.45, 7) is 0.929. The van der Waals surface area contributed by atoms with Gasteiger partial charge in [-0.25, -0.2) is 10.8 Å². The molecule has 110 valence electrons. The second-order valence-electron chi connectivity index (χ2n) is 5.83. The summed E-state index contributed by atoms with van der Waals surface area (Å²) in [6.07, 6.45) is 8.92. The van der Waals surface area contributed by atoms with Crippen molar-refractivity contribution >= 4 is 17.3 Å². The third-order valence-corrected chi connectivity index (χ3v) is 5.04. The van der Waals surface area contributed by atoms with Gasteiger partial charge in [0.2, 0.25) is 5.96 Å². The minimum Gasteiger partial charge on any atom is -0.334 e. The molecule has 0 radical (unpaired) electrons. The van der Waals surface area contributed by atoms with Crippen molar-refractivity contribution in [3.8, 4) is 0 Å². The lowest BCUT2D eigenvalue weighted by Crippen LogP contribution is -2.46. The van der Waals surface area contributed by atoms with Gasteiger partial charge < -0.3 is 4.90 Å². The Morgan fingerprint density at radius 1 is 1.30 bits per heavy atom. The summed E-state index contributed by atoms with van der Waals surface area (Å²) in [5.41, 5.74) is 2.86. The van der Waals surface area contributed by atoms with Crippen LogP contribution in [-0.4, -0.2) is 22.9 Å². The number of hydrogen-bond acceptors (Lipinski definition) is 3. The molecule has 0 atom stereocenters. The third-order valence-electron chi connectivity index (χ3n) is 4.17. The predicted octanol–water partition coefficient (Wildman–Crippen LogP) is 2.86. The summed E-state index contributed by atoms with van der Waals surface area (Å²) in [7, 11) is 0. The molecule has 5 heteroatoms. The van der Waals surface area contributed by atoms with Crippen molar-refractivity contribution in [1.29, 1.82) is 0 Å². The monoisotopic (exact) mass is 292 g/mol. The fourth-order valence-corrected chi connectivity index (χ4v) is 3.61. The molecule has 0 saturated heterocycles. The van der Waals surface area contributed by atoms with Crippen molar-refractivity contribution in [3.63, 3.8) is 0 Å². The van der Waals surface area contributed by atoms with Crippen molar-refractivity contribution in [2.24, 2.45) is 10.8 Å². The highest BCUT2D eigenvalue weighted by molar-refractivity contribution is 7.09. The minimum absolute atomic E-state index is 0.458. The van der Waals surface area contributed by atoms with Crippen LogP contribution in [0.5, 0.6) is 0 Å². The fraction of sp³-hybridized carbons (Fsp3) is 0.667. The molecule has 1 aromatic rings. The lowest BCUT2D eigenvalue weighted by Gasteiger charge is -2.27. The molecule has 0 aliphatic heterocycles. The Morgan fingerprint density at radius 2 is 2.10 bits per heavy atom. The van der Waals surface area contributed by atoms with E-state index in [1.165, 1.54) is 49.8 Å². The van der Waals surface area contributed by atoms with E-state index in [0.717, 1.165) is 12.5 Å². The van der Waals surface area contributed by atoms with Crippen LogP contribution in [0.2, 0.25) is 0 Å². The fourth-order valence-electron chi connectivity index (χ4n) is 2.91. The van der Waals surface area contributed by atoms with Crippen LogP contribution < -0.4 is 11.3 Å². The van der Waals surface area contributed by atoms with Crippen LogP contribution in [0.4, 0.5) is 0 Å². The van der Waals surface area contributed by atoms with Crippen molar-refractivity contribution in [2.45, 2.75) is 63.6 Å². The standard InChI is InChI=1S/C15H24N4S/c16-18-15(17-12-5-2-1-3-6-12)19(13-8-9-13)11-14-7-4-10-20-14/h4,7,10,12-13H,1-3,5-6,8-9,11,16H2,(H,17,18). The Balaban J connectivity index is 1.71. The van der Waals surface area contributed by atoms with Gasteiger partial charge in [-0.3, -0.25) is 5.43 Å². The number of aliphatic imine (C=N–C) groups is 1. The van der Waals surface area contributed by atoms with Crippen LogP contribution in [0.1, 0.15) is 49.8 Å². The first-order valence-electron chi connectivity index (χ1n) is 7.70. The van der Waals surface area contributed by atoms with E-state index in [2.05, 4.69) is 27.8 Å². The number of nitrogens with two attached hydrogens (primary N) is 1. The zero-order valence-electron chi connectivity index (χ0n) is 11.9. The second kappa shape index (κ2) is 6.59. The highest BCUT2D eigenvalue weighted by atomic mass is 32.1. The number of thiophene rings is 1. The average molecular weight is 292 g/mol. The molecule has 0 amide bonds. The quantitative estimate of drug-likeness (QED) is 0.388. The molecular weight excluding hydrogens is 268 g/mol. The molecule has 1 heterocycles. The maximum absolute atomic E-state index is 5.77. The molecule has 3 N–H and O–H groups in total. The first-order valence-corrected chi connectivity index (χ1v) is 8.58. The number of hydrazine groups is 1. The Hall–Kier alpha value is -1.07. The summed E-state index contributed by atoms with van der Waals surface area (Å²) >= 11 is 1.81. The van der Waals surface area contributed by atoms with E-state index in [9.17, 15) is 0 Å². The number of rotatable bonds is 4. The molecule has 2 saturated carbocycles. The molecule has 20 heavy (non-hydrogen) atoms. The van der Waals surface area contributed by atoms with Crippen LogP contribution in [-0.2, 0) is 6.54 Å². The molecule has 0 unspecified atom stereocenters. The van der Waals surface area contributed by atoms with Crippen LogP contribution in [0.25, 0.3) is 0 Å². The summed E-state index contributed by atoms with van der Waals surface area (Å²) in [4.78, 5) is 8.65. The maximum atomic E-state index is 5.77. The summed E-state index contributed by atoms with van der Waals surface area (Å²) in [6, 6.07) is 5.38. The predicted molar refractivity (Wildman–Crippen MR) is 84.5 cm³/mol. The van der Waals surface area contributed by atoms with E-state index in [0.29, 0.717) is 12.1 Å². The van der Waals surface area contributed by atoms with Gasteiger partial charge in [-0.2, -0.15) is 0 Å². The van der Waals surface area contributed by atoms with Crippen molar-refractivity contribution in [3.05, 3.63) is 22.4 Å². The van der Waals surface area contributed by atoms with Crippen LogP contribution >= 0.6 is 11.3 Å². The molecule has 0 bridgehead atoms. The van der Waals surface area contributed by atoms with E-state index in [1.54, 1.807) is 11.3 Å². The number of nitrogens with zero attached hydrogens (tertiary/aromatic N) is 2. The molecule has 4 nitrogen and oxygen atoms in total. The number of hydrogen-bond donors (Lipinski definition) is 2. The smallest absolute Gasteiger partial charge is 0.209 e. The molecule has 0 aromatic carbocycles. The molecule has 2 aliphatic carbocycles. The first-order chi connectivity index (χ1) is 9.86. The van der Waals surface area contributed by atoms with Crippen molar-refractivity contribution < 1.29 is 0 Å². The number of guanidine groups is 1. The van der Waals surface area contributed by atoms with Gasteiger partial charge in [-0.15, -0.1) is 11.3 Å². The summed E-state index contributed by atoms with van der Waals surface area (Å²) in [5.74, 6) is 6.66. The Kier molecular flexibility index (Phi) is 4.58. The van der Waals surface area contributed by atoms with Gasteiger partial charge >= 0.3 is 0 Å². The van der Waals surface area contributed by atoms with Crippen molar-refractivity contribution in [2.75, 3.05) is 0 Å². The van der Waals surface area contributed by atoms with Crippen LogP contribution in [0.15, 0.2) is 22.5 Å². The van der Waals surface area contributed by atoms with Gasteiger partial charge in [0.1, 0.15) is 0 Å². The second-order valence-corrected chi connectivity index (χ2v) is 6.86. The Bertz CT molecular complexity index is 433. The first kappa shape index (κ1) is 13.9. The minimum atomic E-state index is 0.458. The van der Waals surface area contributed by atoms with E-state index in [-0.39, 0.29) is 0 Å². The number of nitrogens with one attached hydrogen (secondary N) is 1. The van der Waals surface area contributed by atoms with Gasteiger partial charge in [0.05, 0.1) is 12.6 Å². The zero-order valence-corrected chi connectivity index (χ0v) is 12.7. The maximum Gasteiger partial charge on any atom is 0.209 e. The van der Waals surface area contributed by atoms with Crippen LogP contribution in [0, 0.1) is 0 Å². The lowest BCUT2D eigenvalue weighted by molar-refractivity contribution is 0.376. The van der Waals surface area contributed by atoms with Gasteiger partial charge in [-0.05, 0) is 37.1 Å². The van der Waals surface area contributed by atoms with Gasteiger partial charge in [0, 0.05) is 10.9 Å². The molecule has 0 spiro atoms. The molecule has 2 fully saturated rings. The van der Waals surface area contributed by atoms with E-state index in [1.807, 2.05) is 0 Å². The van der Waals surface area contributed by atoms with E-state index >= 15 is 0 Å². The van der Waals surface area contributed by atoms with Crippen LogP contribution in [0.3, 0.4) is 0 Å². The van der Waals surface area contributed by atoms with Gasteiger partial charge in [0.15, 0.2) is 0 Å². The SMILES string of the molecule is NNC(=NC1CCCCC1)N(Cc1cccs1)C1CC1.